The lowest BCUT2D eigenvalue weighted by Gasteiger charge is -2.34. The molecule has 8 nitrogen and oxygen atoms in total. The highest BCUT2D eigenvalue weighted by Crippen LogP contribution is 2.38. The summed E-state index contributed by atoms with van der Waals surface area (Å²) in [5.74, 6) is 3.70. The molecule has 0 radical (unpaired) electrons. The number of nitrogens with zero attached hydrogens (tertiary/aromatic N) is 4. The number of fused-ring (bicyclic) bond motifs is 2. The zero-order chi connectivity index (χ0) is 21.4. The summed E-state index contributed by atoms with van der Waals surface area (Å²) in [5.41, 5.74) is 0.874. The Morgan fingerprint density at radius 3 is 2.74 bits per heavy atom. The SMILES string of the molecule is CC1c2nnc(C3CCCC3)n2CCN1C(=O)NCc1cc(Cl)c2c(c1)OCCCO2. The Morgan fingerprint density at radius 1 is 1.13 bits per heavy atom. The number of ether oxygens (including phenoxy) is 2. The molecule has 31 heavy (non-hydrogen) atoms. The van der Waals surface area contributed by atoms with Crippen LogP contribution in [0, 0.1) is 0 Å². The summed E-state index contributed by atoms with van der Waals surface area (Å²) < 4.78 is 13.6. The predicted octanol–water partition coefficient (Wildman–Crippen LogP) is 4.04. The van der Waals surface area contributed by atoms with Gasteiger partial charge in [-0.15, -0.1) is 10.2 Å². The van der Waals surface area contributed by atoms with Crippen LogP contribution in [-0.2, 0) is 13.1 Å². The van der Waals surface area contributed by atoms with Gasteiger partial charge in [0.05, 0.1) is 24.3 Å². The lowest BCUT2D eigenvalue weighted by molar-refractivity contribution is 0.158. The molecule has 1 atom stereocenters. The van der Waals surface area contributed by atoms with Crippen LogP contribution in [0.4, 0.5) is 4.79 Å². The number of rotatable bonds is 3. The molecule has 3 aliphatic rings. The summed E-state index contributed by atoms with van der Waals surface area (Å²) in [6.45, 7) is 4.93. The fraction of sp³-hybridized carbons (Fsp3) is 0.591. The zero-order valence-corrected chi connectivity index (χ0v) is 18.5. The van der Waals surface area contributed by atoms with E-state index in [0.29, 0.717) is 48.7 Å². The molecule has 9 heteroatoms. The Bertz CT molecular complexity index is 972. The van der Waals surface area contributed by atoms with Crippen LogP contribution in [0.1, 0.15) is 68.2 Å². The number of urea groups is 1. The molecule has 1 fully saturated rings. The van der Waals surface area contributed by atoms with Crippen molar-refractivity contribution in [1.29, 1.82) is 0 Å². The van der Waals surface area contributed by atoms with E-state index >= 15 is 0 Å². The second-order valence-electron chi connectivity index (χ2n) is 8.53. The number of nitrogens with one attached hydrogen (secondary N) is 1. The fourth-order valence-corrected chi connectivity index (χ4v) is 5.12. The standard InChI is InChI=1S/C22H28ClN5O3/c1-14-20-25-26-21(16-5-2-3-6-16)28(20)8-7-27(14)22(29)24-13-15-11-17(23)19-18(12-15)30-9-4-10-31-19/h11-12,14,16H,2-10,13H2,1H3,(H,24,29). The van der Waals surface area contributed by atoms with Gasteiger partial charge in [0.2, 0.25) is 0 Å². The van der Waals surface area contributed by atoms with Gasteiger partial charge < -0.3 is 24.3 Å². The first-order valence-corrected chi connectivity index (χ1v) is 11.5. The summed E-state index contributed by atoms with van der Waals surface area (Å²) in [6, 6.07) is 3.47. The number of halogens is 1. The highest BCUT2D eigenvalue weighted by molar-refractivity contribution is 6.32. The first-order valence-electron chi connectivity index (χ1n) is 11.2. The van der Waals surface area contributed by atoms with Gasteiger partial charge in [-0.1, -0.05) is 24.4 Å². The highest BCUT2D eigenvalue weighted by atomic mass is 35.5. The zero-order valence-electron chi connectivity index (χ0n) is 17.8. The largest absolute Gasteiger partial charge is 0.489 e. The van der Waals surface area contributed by atoms with Gasteiger partial charge in [0.15, 0.2) is 17.3 Å². The Balaban J connectivity index is 1.25. The Morgan fingerprint density at radius 2 is 1.90 bits per heavy atom. The van der Waals surface area contributed by atoms with E-state index in [2.05, 4.69) is 20.1 Å². The summed E-state index contributed by atoms with van der Waals surface area (Å²) in [7, 11) is 0. The maximum Gasteiger partial charge on any atom is 0.318 e. The van der Waals surface area contributed by atoms with Crippen LogP contribution in [0.3, 0.4) is 0 Å². The quantitative estimate of drug-likeness (QED) is 0.771. The van der Waals surface area contributed by atoms with Gasteiger partial charge in [0, 0.05) is 32.0 Å². The van der Waals surface area contributed by atoms with Crippen molar-refractivity contribution in [2.24, 2.45) is 0 Å². The van der Waals surface area contributed by atoms with Gasteiger partial charge in [0.1, 0.15) is 5.82 Å². The fourth-order valence-electron chi connectivity index (χ4n) is 4.84. The van der Waals surface area contributed by atoms with Crippen molar-refractivity contribution in [1.82, 2.24) is 25.0 Å². The number of aromatic nitrogens is 3. The minimum Gasteiger partial charge on any atom is -0.489 e. The van der Waals surface area contributed by atoms with E-state index in [4.69, 9.17) is 21.1 Å². The maximum atomic E-state index is 13.0. The number of carbonyl (C=O) groups is 1. The Kier molecular flexibility index (Phi) is 5.65. The molecule has 0 spiro atoms. The van der Waals surface area contributed by atoms with Gasteiger partial charge in [-0.2, -0.15) is 0 Å². The van der Waals surface area contributed by atoms with Gasteiger partial charge in [-0.3, -0.25) is 0 Å². The smallest absolute Gasteiger partial charge is 0.318 e. The average Bonchev–Trinajstić information content (AvgIpc) is 3.37. The van der Waals surface area contributed by atoms with Gasteiger partial charge in [-0.25, -0.2) is 4.79 Å². The van der Waals surface area contributed by atoms with Crippen molar-refractivity contribution >= 4 is 17.6 Å². The summed E-state index contributed by atoms with van der Waals surface area (Å²) >= 11 is 6.37. The molecule has 3 heterocycles. The molecule has 1 N–H and O–H groups in total. The van der Waals surface area contributed by atoms with Crippen LogP contribution in [0.2, 0.25) is 5.02 Å². The molecular weight excluding hydrogens is 418 g/mol. The summed E-state index contributed by atoms with van der Waals surface area (Å²) in [4.78, 5) is 14.8. The number of benzene rings is 1. The molecule has 166 valence electrons. The normalized spacial score (nSPS) is 21.0. The lowest BCUT2D eigenvalue weighted by atomic mass is 10.1. The van der Waals surface area contributed by atoms with E-state index in [1.54, 1.807) is 0 Å². The second kappa shape index (κ2) is 8.57. The Labute approximate surface area is 186 Å². The molecule has 1 aliphatic carbocycles. The van der Waals surface area contributed by atoms with E-state index in [1.165, 1.54) is 25.7 Å². The van der Waals surface area contributed by atoms with Crippen LogP contribution >= 0.6 is 11.6 Å². The molecule has 5 rings (SSSR count). The van der Waals surface area contributed by atoms with Crippen molar-refractivity contribution < 1.29 is 14.3 Å². The molecule has 1 unspecified atom stereocenters. The third-order valence-electron chi connectivity index (χ3n) is 6.50. The third kappa shape index (κ3) is 3.93. The number of hydrogen-bond acceptors (Lipinski definition) is 5. The van der Waals surface area contributed by atoms with Crippen molar-refractivity contribution in [3.8, 4) is 11.5 Å². The highest BCUT2D eigenvalue weighted by Gasteiger charge is 2.33. The molecule has 2 aliphatic heterocycles. The van der Waals surface area contributed by atoms with Crippen LogP contribution in [0.15, 0.2) is 12.1 Å². The van der Waals surface area contributed by atoms with E-state index < -0.39 is 0 Å². The number of hydrogen-bond donors (Lipinski definition) is 1. The number of amides is 2. The van der Waals surface area contributed by atoms with Gasteiger partial charge in [-0.05, 0) is 37.5 Å². The molecule has 0 bridgehead atoms. The van der Waals surface area contributed by atoms with Gasteiger partial charge in [0.25, 0.3) is 0 Å². The summed E-state index contributed by atoms with van der Waals surface area (Å²) in [5, 5.41) is 12.5. The average molecular weight is 446 g/mol. The van der Waals surface area contributed by atoms with E-state index in [-0.39, 0.29) is 12.1 Å². The second-order valence-corrected chi connectivity index (χ2v) is 8.94. The van der Waals surface area contributed by atoms with Crippen molar-refractivity contribution in [2.75, 3.05) is 19.8 Å². The molecular formula is C22H28ClN5O3. The monoisotopic (exact) mass is 445 g/mol. The minimum atomic E-state index is -0.122. The third-order valence-corrected chi connectivity index (χ3v) is 6.78. The first-order chi connectivity index (χ1) is 15.1. The van der Waals surface area contributed by atoms with Crippen LogP contribution in [0.5, 0.6) is 11.5 Å². The molecule has 0 saturated heterocycles. The minimum absolute atomic E-state index is 0.118. The predicted molar refractivity (Wildman–Crippen MR) is 116 cm³/mol. The number of carbonyl (C=O) groups excluding carboxylic acids is 1. The molecule has 2 aromatic rings. The maximum absolute atomic E-state index is 13.0. The van der Waals surface area contributed by atoms with Crippen LogP contribution < -0.4 is 14.8 Å². The van der Waals surface area contributed by atoms with E-state index in [0.717, 1.165) is 30.2 Å². The molecule has 1 saturated carbocycles. The van der Waals surface area contributed by atoms with Crippen LogP contribution in [-0.4, -0.2) is 45.5 Å². The lowest BCUT2D eigenvalue weighted by Crippen LogP contribution is -2.46. The van der Waals surface area contributed by atoms with Crippen LogP contribution in [0.25, 0.3) is 0 Å². The molecule has 1 aromatic heterocycles. The van der Waals surface area contributed by atoms with E-state index in [9.17, 15) is 4.79 Å². The molecule has 2 amide bonds. The topological polar surface area (TPSA) is 81.5 Å². The van der Waals surface area contributed by atoms with Crippen molar-refractivity contribution in [2.45, 2.75) is 64.1 Å². The Hall–Kier alpha value is -2.48. The molecule has 1 aromatic carbocycles. The van der Waals surface area contributed by atoms with E-state index in [1.807, 2.05) is 24.0 Å². The van der Waals surface area contributed by atoms with Crippen molar-refractivity contribution in [3.05, 3.63) is 34.4 Å². The van der Waals surface area contributed by atoms with Gasteiger partial charge >= 0.3 is 6.03 Å². The van der Waals surface area contributed by atoms with Crippen molar-refractivity contribution in [3.63, 3.8) is 0 Å². The summed E-state index contributed by atoms with van der Waals surface area (Å²) in [6.07, 6.45) is 5.72. The first kappa shape index (κ1) is 20.4.